The van der Waals surface area contributed by atoms with Gasteiger partial charge in [-0.25, -0.2) is 0 Å². The van der Waals surface area contributed by atoms with E-state index < -0.39 is 24.0 Å². The van der Waals surface area contributed by atoms with Crippen LogP contribution in [0.25, 0.3) is 0 Å². The van der Waals surface area contributed by atoms with Gasteiger partial charge in [0.2, 0.25) is 0 Å². The topological polar surface area (TPSA) is 29.1 Å². The molecule has 0 radical (unpaired) electrons. The van der Waals surface area contributed by atoms with E-state index in [2.05, 4.69) is 68.4 Å². The molecule has 0 aliphatic heterocycles. The van der Waals surface area contributed by atoms with Gasteiger partial charge >= 0.3 is 211 Å². The van der Waals surface area contributed by atoms with Crippen molar-refractivity contribution >= 4 is 17.8 Å². The van der Waals surface area contributed by atoms with Gasteiger partial charge in [-0.15, -0.1) is 0 Å². The van der Waals surface area contributed by atoms with Crippen LogP contribution in [0.1, 0.15) is 98.3 Å². The number of nitrogens with one attached hydrogen (secondary N) is 1. The molecule has 1 saturated carbocycles. The Morgan fingerprint density at radius 2 is 1.36 bits per heavy atom. The molecule has 2 aliphatic rings. The molecule has 1 N–H and O–H groups in total. The SMILES string of the molecule is CC1=C(C)C(C)[C]([Ti]([NH]C(=O)C2CCCCCCCCCCC2)[SiH](C)c2ccccc2)=C1C. The summed E-state index contributed by atoms with van der Waals surface area (Å²) in [6, 6.07) is 11.1. The normalized spacial score (nSPS) is 22.5. The minimum atomic E-state index is -1.97. The second-order valence-electron chi connectivity index (χ2n) is 10.6. The van der Waals surface area contributed by atoms with Gasteiger partial charge in [0.1, 0.15) is 0 Å². The molecule has 181 valence electrons. The Balaban J connectivity index is 1.82. The van der Waals surface area contributed by atoms with Crippen LogP contribution in [0, 0.1) is 11.8 Å². The van der Waals surface area contributed by atoms with Crippen molar-refractivity contribution in [1.82, 2.24) is 3.80 Å². The third-order valence-electron chi connectivity index (χ3n) is 8.40. The third-order valence-corrected chi connectivity index (χ3v) is 21.1. The van der Waals surface area contributed by atoms with Crippen LogP contribution in [-0.2, 0) is 22.2 Å². The van der Waals surface area contributed by atoms with Crippen molar-refractivity contribution in [1.29, 1.82) is 0 Å². The van der Waals surface area contributed by atoms with Gasteiger partial charge in [0.05, 0.1) is 0 Å². The maximum absolute atomic E-state index is 13.8. The van der Waals surface area contributed by atoms with E-state index in [0.29, 0.717) is 11.8 Å². The quantitative estimate of drug-likeness (QED) is 0.430. The summed E-state index contributed by atoms with van der Waals surface area (Å²) in [5.74, 6) is 1.11. The molecule has 0 aromatic heterocycles. The van der Waals surface area contributed by atoms with Crippen LogP contribution in [0.2, 0.25) is 6.55 Å². The molecule has 0 spiro atoms. The standard InChI is InChI=1S/C13H25NO.C9H13.C7H9Si.Ti/c14-13(15)12-10-8-6-4-2-1-3-5-7-9-11-12;1-6-5-7(2)9(4)8(6)3;1-8-7-5-3-2-4-6-7;/h12H,1-11H2,(H2,14,15);6H,1-4H3;2-6,8H,1H3;/q;;;+1/p-1. The molecule has 1 fully saturated rings. The fourth-order valence-corrected chi connectivity index (χ4v) is 18.7. The Morgan fingerprint density at radius 3 is 1.85 bits per heavy atom. The van der Waals surface area contributed by atoms with Crippen molar-refractivity contribution < 1.29 is 22.2 Å². The van der Waals surface area contributed by atoms with Crippen LogP contribution in [0.5, 0.6) is 0 Å². The van der Waals surface area contributed by atoms with Crippen molar-refractivity contribution in [3.63, 3.8) is 0 Å². The van der Waals surface area contributed by atoms with E-state index in [-0.39, 0.29) is 5.92 Å². The van der Waals surface area contributed by atoms with Crippen LogP contribution in [0.15, 0.2) is 50.9 Å². The van der Waals surface area contributed by atoms with E-state index in [1.165, 1.54) is 79.7 Å². The summed E-state index contributed by atoms with van der Waals surface area (Å²) in [6.45, 7) is 10.5. The number of amides is 1. The van der Waals surface area contributed by atoms with Crippen LogP contribution in [0.3, 0.4) is 0 Å². The Bertz CT molecular complexity index is 834. The van der Waals surface area contributed by atoms with Gasteiger partial charge in [0.15, 0.2) is 0 Å². The molecular formula is C29H46NOSiTi. The number of carbonyl (C=O) groups is 1. The van der Waals surface area contributed by atoms with Gasteiger partial charge in [-0.05, 0) is 0 Å². The monoisotopic (exact) mass is 500 g/mol. The number of rotatable bonds is 5. The molecule has 4 heteroatoms. The molecule has 0 bridgehead atoms. The second-order valence-corrected chi connectivity index (χ2v) is 21.6. The third kappa shape index (κ3) is 7.06. The summed E-state index contributed by atoms with van der Waals surface area (Å²) >= 11 is -1.97. The summed E-state index contributed by atoms with van der Waals surface area (Å²) in [5, 5.41) is 1.51. The Labute approximate surface area is 210 Å². The maximum atomic E-state index is 13.8. The number of allylic oxidation sites excluding steroid dienone is 4. The molecule has 1 aromatic rings. The molecule has 2 unspecified atom stereocenters. The first-order valence-electron chi connectivity index (χ1n) is 13.5. The second kappa shape index (κ2) is 13.3. The van der Waals surface area contributed by atoms with Gasteiger partial charge < -0.3 is 0 Å². The summed E-state index contributed by atoms with van der Waals surface area (Å²) in [4.78, 5) is 13.8. The fraction of sp³-hybridized carbons (Fsp3) is 0.621. The van der Waals surface area contributed by atoms with E-state index in [0.717, 1.165) is 12.8 Å². The number of carbonyl (C=O) groups excluding carboxylic acids is 1. The molecule has 33 heavy (non-hydrogen) atoms. The van der Waals surface area contributed by atoms with Crippen LogP contribution in [-0.4, -0.2) is 12.6 Å². The molecule has 0 saturated heterocycles. The van der Waals surface area contributed by atoms with Gasteiger partial charge in [0.25, 0.3) is 0 Å². The summed E-state index contributed by atoms with van der Waals surface area (Å²) in [5.41, 5.74) is 4.48. The predicted molar refractivity (Wildman–Crippen MR) is 142 cm³/mol. The van der Waals surface area contributed by atoms with Crippen molar-refractivity contribution in [2.45, 2.75) is 105 Å². The summed E-state index contributed by atoms with van der Waals surface area (Å²) in [7, 11) is 0. The first-order valence-corrected chi connectivity index (χ1v) is 20.1. The number of hydrogen-bond acceptors (Lipinski definition) is 1. The van der Waals surface area contributed by atoms with Crippen LogP contribution >= 0.6 is 0 Å². The van der Waals surface area contributed by atoms with Gasteiger partial charge in [-0.3, -0.25) is 0 Å². The van der Waals surface area contributed by atoms with Crippen LogP contribution < -0.4 is 8.99 Å². The fourth-order valence-electron chi connectivity index (χ4n) is 5.78. The van der Waals surface area contributed by atoms with Crippen molar-refractivity contribution in [3.8, 4) is 0 Å². The van der Waals surface area contributed by atoms with E-state index in [1.807, 2.05) is 0 Å². The zero-order valence-electron chi connectivity index (χ0n) is 21.8. The molecule has 2 atom stereocenters. The summed E-state index contributed by atoms with van der Waals surface area (Å²) < 4.78 is 5.49. The molecule has 1 aromatic carbocycles. The molecule has 0 heterocycles. The molecule has 2 aliphatic carbocycles. The average molecular weight is 501 g/mol. The Hall–Kier alpha value is -0.899. The average Bonchev–Trinajstić information content (AvgIpc) is 3.00. The Kier molecular flexibility index (Phi) is 10.7. The summed E-state index contributed by atoms with van der Waals surface area (Å²) in [6.07, 6.45) is 14.1. The van der Waals surface area contributed by atoms with E-state index >= 15 is 0 Å². The number of hydrogen-bond donors (Lipinski definition) is 1. The van der Waals surface area contributed by atoms with E-state index in [1.54, 1.807) is 3.88 Å². The van der Waals surface area contributed by atoms with E-state index in [9.17, 15) is 4.79 Å². The zero-order valence-corrected chi connectivity index (χ0v) is 24.5. The Morgan fingerprint density at radius 1 is 0.848 bits per heavy atom. The van der Waals surface area contributed by atoms with Gasteiger partial charge in [0, 0.05) is 0 Å². The van der Waals surface area contributed by atoms with Crippen LogP contribution in [0.4, 0.5) is 0 Å². The van der Waals surface area contributed by atoms with E-state index in [4.69, 9.17) is 0 Å². The number of benzene rings is 1. The van der Waals surface area contributed by atoms with Crippen molar-refractivity contribution in [2.24, 2.45) is 11.8 Å². The first kappa shape index (κ1) is 26.7. The first-order chi connectivity index (χ1) is 15.9. The molecule has 3 rings (SSSR count). The molecule has 1 amide bonds. The van der Waals surface area contributed by atoms with Crippen molar-refractivity contribution in [2.75, 3.05) is 0 Å². The zero-order chi connectivity index (χ0) is 23.8. The predicted octanol–water partition coefficient (Wildman–Crippen LogP) is 7.08. The van der Waals surface area contributed by atoms with Crippen molar-refractivity contribution in [3.05, 3.63) is 50.9 Å². The van der Waals surface area contributed by atoms with Gasteiger partial charge in [-0.2, -0.15) is 0 Å². The molecular weight excluding hydrogens is 454 g/mol. The molecule has 2 nitrogen and oxygen atoms in total. The minimum absolute atomic E-state index is 0.219. The van der Waals surface area contributed by atoms with Gasteiger partial charge in [-0.1, -0.05) is 0 Å².